The maximum atomic E-state index is 12.0. The molecule has 6 nitrogen and oxygen atoms in total. The molecular formula is C16H21N3O3. The van der Waals surface area contributed by atoms with E-state index < -0.39 is 6.10 Å². The summed E-state index contributed by atoms with van der Waals surface area (Å²) >= 11 is 0. The molecule has 3 rings (SSSR count). The molecule has 2 N–H and O–H groups in total. The van der Waals surface area contributed by atoms with Gasteiger partial charge in [0.25, 0.3) is 6.01 Å². The fraction of sp³-hybridized carbons (Fsp3) is 0.500. The first-order valence-electron chi connectivity index (χ1n) is 7.70. The van der Waals surface area contributed by atoms with Gasteiger partial charge in [-0.15, -0.1) is 0 Å². The zero-order valence-corrected chi connectivity index (χ0v) is 12.7. The van der Waals surface area contributed by atoms with Gasteiger partial charge in [-0.2, -0.15) is 4.98 Å². The van der Waals surface area contributed by atoms with E-state index in [2.05, 4.69) is 15.2 Å². The van der Waals surface area contributed by atoms with Gasteiger partial charge < -0.3 is 19.7 Å². The van der Waals surface area contributed by atoms with Gasteiger partial charge in [-0.1, -0.05) is 12.1 Å². The summed E-state index contributed by atoms with van der Waals surface area (Å²) in [6.07, 6.45) is 1.03. The van der Waals surface area contributed by atoms with Crippen molar-refractivity contribution in [1.29, 1.82) is 0 Å². The van der Waals surface area contributed by atoms with Crippen molar-refractivity contribution < 1.29 is 14.3 Å². The summed E-state index contributed by atoms with van der Waals surface area (Å²) in [7, 11) is 0. The van der Waals surface area contributed by atoms with Crippen LogP contribution in [0.5, 0.6) is 0 Å². The topological polar surface area (TPSA) is 78.6 Å². The molecule has 0 aliphatic carbocycles. The number of hydrogen-bond donors (Lipinski definition) is 2. The van der Waals surface area contributed by atoms with Crippen LogP contribution in [0.1, 0.15) is 19.8 Å². The summed E-state index contributed by atoms with van der Waals surface area (Å²) < 4.78 is 5.76. The molecule has 1 aliphatic rings. The Hall–Kier alpha value is -2.08. The lowest BCUT2D eigenvalue weighted by molar-refractivity contribution is -0.126. The zero-order valence-electron chi connectivity index (χ0n) is 12.7. The van der Waals surface area contributed by atoms with E-state index in [0.717, 1.165) is 37.0 Å². The lowest BCUT2D eigenvalue weighted by Gasteiger charge is -2.30. The number of piperidine rings is 1. The second-order valence-electron chi connectivity index (χ2n) is 5.82. The second kappa shape index (κ2) is 6.36. The molecule has 1 aliphatic heterocycles. The molecule has 1 unspecified atom stereocenters. The van der Waals surface area contributed by atoms with E-state index in [4.69, 9.17) is 4.42 Å². The summed E-state index contributed by atoms with van der Waals surface area (Å²) in [6.45, 7) is 3.47. The Morgan fingerprint density at radius 2 is 2.18 bits per heavy atom. The molecule has 0 radical (unpaired) electrons. The Bertz CT molecular complexity index is 612. The number of benzene rings is 1. The van der Waals surface area contributed by atoms with Gasteiger partial charge in [0, 0.05) is 25.6 Å². The monoisotopic (exact) mass is 303 g/mol. The van der Waals surface area contributed by atoms with E-state index in [1.807, 2.05) is 24.3 Å². The number of aliphatic hydroxyl groups excluding tert-OH is 1. The molecule has 6 heteroatoms. The van der Waals surface area contributed by atoms with Gasteiger partial charge >= 0.3 is 0 Å². The van der Waals surface area contributed by atoms with Crippen LogP contribution in [0, 0.1) is 5.92 Å². The van der Waals surface area contributed by atoms with E-state index >= 15 is 0 Å². The van der Waals surface area contributed by atoms with Crippen LogP contribution in [0.4, 0.5) is 6.01 Å². The maximum absolute atomic E-state index is 12.0. The number of nitrogens with one attached hydrogen (secondary N) is 1. The lowest BCUT2D eigenvalue weighted by Crippen LogP contribution is -2.42. The highest BCUT2D eigenvalue weighted by molar-refractivity contribution is 5.79. The minimum atomic E-state index is -0.510. The van der Waals surface area contributed by atoms with Gasteiger partial charge in [0.1, 0.15) is 5.52 Å². The number of aliphatic hydroxyl groups is 1. The first-order valence-corrected chi connectivity index (χ1v) is 7.70. The fourth-order valence-corrected chi connectivity index (χ4v) is 2.72. The molecular weight excluding hydrogens is 282 g/mol. The first kappa shape index (κ1) is 14.8. The van der Waals surface area contributed by atoms with Crippen LogP contribution in [0.3, 0.4) is 0 Å². The van der Waals surface area contributed by atoms with Gasteiger partial charge in [-0.3, -0.25) is 4.79 Å². The van der Waals surface area contributed by atoms with E-state index in [1.165, 1.54) is 0 Å². The number of amides is 1. The third-order valence-electron chi connectivity index (χ3n) is 3.99. The van der Waals surface area contributed by atoms with E-state index in [1.54, 1.807) is 6.92 Å². The Morgan fingerprint density at radius 1 is 1.45 bits per heavy atom. The number of oxazole rings is 1. The summed E-state index contributed by atoms with van der Waals surface area (Å²) in [5, 5.41) is 12.0. The molecule has 2 aromatic rings. The molecule has 0 spiro atoms. The van der Waals surface area contributed by atoms with Gasteiger partial charge in [-0.05, 0) is 31.9 Å². The summed E-state index contributed by atoms with van der Waals surface area (Å²) in [4.78, 5) is 18.6. The number of para-hydroxylation sites is 2. The van der Waals surface area contributed by atoms with Gasteiger partial charge in [0.2, 0.25) is 5.91 Å². The summed E-state index contributed by atoms with van der Waals surface area (Å²) in [6, 6.07) is 8.33. The van der Waals surface area contributed by atoms with Crippen LogP contribution in [0.15, 0.2) is 28.7 Å². The Kier molecular flexibility index (Phi) is 4.29. The average Bonchev–Trinajstić information content (AvgIpc) is 2.96. The third kappa shape index (κ3) is 3.22. The van der Waals surface area contributed by atoms with Crippen LogP contribution in [-0.4, -0.2) is 41.7 Å². The van der Waals surface area contributed by atoms with Gasteiger partial charge in [-0.25, -0.2) is 0 Å². The highest BCUT2D eigenvalue weighted by Gasteiger charge is 2.27. The number of fused-ring (bicyclic) bond motifs is 1. The van der Waals surface area contributed by atoms with Crippen molar-refractivity contribution in [3.63, 3.8) is 0 Å². The molecule has 0 saturated carbocycles. The average molecular weight is 303 g/mol. The van der Waals surface area contributed by atoms with Crippen molar-refractivity contribution in [1.82, 2.24) is 10.3 Å². The maximum Gasteiger partial charge on any atom is 0.298 e. The number of hydrogen-bond acceptors (Lipinski definition) is 5. The van der Waals surface area contributed by atoms with Crippen LogP contribution in [-0.2, 0) is 4.79 Å². The molecule has 118 valence electrons. The quantitative estimate of drug-likeness (QED) is 0.896. The van der Waals surface area contributed by atoms with Gasteiger partial charge in [0.05, 0.1) is 6.10 Å². The van der Waals surface area contributed by atoms with E-state index in [0.29, 0.717) is 12.6 Å². The Labute approximate surface area is 129 Å². The number of nitrogens with zero attached hydrogens (tertiary/aromatic N) is 2. The highest BCUT2D eigenvalue weighted by atomic mass is 16.4. The molecule has 1 aromatic heterocycles. The smallest absolute Gasteiger partial charge is 0.298 e. The predicted octanol–water partition coefficient (Wildman–Crippen LogP) is 1.54. The number of rotatable bonds is 4. The molecule has 2 heterocycles. The molecule has 1 atom stereocenters. The number of carbonyl (C=O) groups is 1. The second-order valence-corrected chi connectivity index (χ2v) is 5.82. The summed E-state index contributed by atoms with van der Waals surface area (Å²) in [5.74, 6) is 0.0255. The first-order chi connectivity index (χ1) is 10.6. The Morgan fingerprint density at radius 3 is 2.86 bits per heavy atom. The lowest BCUT2D eigenvalue weighted by atomic mass is 9.96. The standard InChI is InChI=1S/C16H21N3O3/c1-11(20)10-17-15(21)12-6-8-19(9-7-12)16-18-13-4-2-3-5-14(13)22-16/h2-5,11-12,20H,6-10H2,1H3,(H,17,21). The van der Waals surface area contributed by atoms with Crippen LogP contribution in [0.2, 0.25) is 0 Å². The zero-order chi connectivity index (χ0) is 15.5. The van der Waals surface area contributed by atoms with Crippen molar-refractivity contribution in [3.8, 4) is 0 Å². The minimum Gasteiger partial charge on any atom is -0.423 e. The normalized spacial score (nSPS) is 17.6. The largest absolute Gasteiger partial charge is 0.423 e. The molecule has 1 aromatic carbocycles. The Balaban J connectivity index is 1.58. The SMILES string of the molecule is CC(O)CNC(=O)C1CCN(c2nc3ccccc3o2)CC1. The summed E-state index contributed by atoms with van der Waals surface area (Å²) in [5.41, 5.74) is 1.64. The van der Waals surface area contributed by atoms with E-state index in [-0.39, 0.29) is 11.8 Å². The molecule has 1 amide bonds. The van der Waals surface area contributed by atoms with Crippen molar-refractivity contribution in [2.45, 2.75) is 25.9 Å². The van der Waals surface area contributed by atoms with E-state index in [9.17, 15) is 9.90 Å². The van der Waals surface area contributed by atoms with Crippen molar-refractivity contribution in [2.24, 2.45) is 5.92 Å². The van der Waals surface area contributed by atoms with Gasteiger partial charge in [0.15, 0.2) is 5.58 Å². The van der Waals surface area contributed by atoms with Crippen molar-refractivity contribution in [2.75, 3.05) is 24.5 Å². The van der Waals surface area contributed by atoms with Crippen molar-refractivity contribution >= 4 is 23.0 Å². The van der Waals surface area contributed by atoms with Crippen LogP contribution < -0.4 is 10.2 Å². The minimum absolute atomic E-state index is 0.000576. The molecule has 1 fully saturated rings. The third-order valence-corrected chi connectivity index (χ3v) is 3.99. The number of aromatic nitrogens is 1. The number of anilines is 1. The number of carbonyl (C=O) groups excluding carboxylic acids is 1. The predicted molar refractivity (Wildman–Crippen MR) is 83.6 cm³/mol. The fourth-order valence-electron chi connectivity index (χ4n) is 2.72. The van der Waals surface area contributed by atoms with Crippen LogP contribution in [0.25, 0.3) is 11.1 Å². The molecule has 0 bridgehead atoms. The van der Waals surface area contributed by atoms with Crippen LogP contribution >= 0.6 is 0 Å². The molecule has 1 saturated heterocycles. The van der Waals surface area contributed by atoms with Crippen molar-refractivity contribution in [3.05, 3.63) is 24.3 Å². The molecule has 22 heavy (non-hydrogen) atoms. The highest BCUT2D eigenvalue weighted by Crippen LogP contribution is 2.26.